The number of nitrogens with one attached hydrogen (secondary N) is 1. The van der Waals surface area contributed by atoms with Crippen molar-refractivity contribution in [1.29, 1.82) is 5.26 Å². The fraction of sp³-hybridized carbons (Fsp3) is 0.238. The average molecular weight is 366 g/mol. The number of anilines is 1. The van der Waals surface area contributed by atoms with E-state index in [1.165, 1.54) is 20.3 Å². The van der Waals surface area contributed by atoms with Crippen molar-refractivity contribution in [3.63, 3.8) is 0 Å². The number of hydrogen-bond acceptors (Lipinski definition) is 5. The fourth-order valence-corrected chi connectivity index (χ4v) is 2.42. The molecule has 2 aromatic rings. The molecule has 0 aliphatic carbocycles. The van der Waals surface area contributed by atoms with Gasteiger partial charge < -0.3 is 19.5 Å². The van der Waals surface area contributed by atoms with Gasteiger partial charge in [0.25, 0.3) is 5.91 Å². The molecule has 0 aliphatic heterocycles. The molecular weight excluding hydrogens is 344 g/mol. The maximum atomic E-state index is 12.4. The van der Waals surface area contributed by atoms with Gasteiger partial charge in [0.15, 0.2) is 11.5 Å². The molecule has 6 heteroatoms. The lowest BCUT2D eigenvalue weighted by Crippen LogP contribution is -2.13. The van der Waals surface area contributed by atoms with E-state index in [0.29, 0.717) is 35.1 Å². The largest absolute Gasteiger partial charge is 0.493 e. The molecular formula is C21H22N2O4. The third-order valence-electron chi connectivity index (χ3n) is 3.76. The minimum absolute atomic E-state index is 0.0381. The van der Waals surface area contributed by atoms with E-state index in [-0.39, 0.29) is 5.57 Å². The van der Waals surface area contributed by atoms with Crippen LogP contribution in [-0.4, -0.2) is 26.7 Å². The molecule has 140 valence electrons. The van der Waals surface area contributed by atoms with Crippen molar-refractivity contribution >= 4 is 17.7 Å². The third kappa shape index (κ3) is 5.02. The van der Waals surface area contributed by atoms with Gasteiger partial charge in [-0.2, -0.15) is 5.26 Å². The van der Waals surface area contributed by atoms with E-state index < -0.39 is 5.91 Å². The predicted octanol–water partition coefficient (Wildman–Crippen LogP) is 3.96. The Morgan fingerprint density at radius 3 is 2.22 bits per heavy atom. The summed E-state index contributed by atoms with van der Waals surface area (Å²) in [7, 11) is 3.03. The summed E-state index contributed by atoms with van der Waals surface area (Å²) < 4.78 is 16.2. The van der Waals surface area contributed by atoms with Gasteiger partial charge in [0.1, 0.15) is 11.6 Å². The second-order valence-corrected chi connectivity index (χ2v) is 5.68. The summed E-state index contributed by atoms with van der Waals surface area (Å²) in [6.07, 6.45) is 1.48. The minimum Gasteiger partial charge on any atom is -0.493 e. The van der Waals surface area contributed by atoms with Gasteiger partial charge in [0, 0.05) is 5.69 Å². The Balaban J connectivity index is 2.34. The normalized spacial score (nSPS) is 10.7. The standard InChI is InChI=1S/C21H22N2O4/c1-5-27-20-18(25-3)11-15(12-19(20)26-4)10-16(13-22)21(24)23-17-8-6-14(2)7-9-17/h6-12H,5H2,1-4H3,(H,23,24). The number of aryl methyl sites for hydroxylation is 1. The predicted molar refractivity (Wildman–Crippen MR) is 104 cm³/mol. The van der Waals surface area contributed by atoms with Crippen LogP contribution in [0, 0.1) is 18.3 Å². The van der Waals surface area contributed by atoms with Crippen LogP contribution in [0.5, 0.6) is 17.2 Å². The number of nitrogens with zero attached hydrogens (tertiary/aromatic N) is 1. The zero-order valence-electron chi connectivity index (χ0n) is 15.8. The second kappa shape index (κ2) is 9.30. The van der Waals surface area contributed by atoms with Crippen molar-refractivity contribution < 1.29 is 19.0 Å². The number of methoxy groups -OCH3 is 2. The van der Waals surface area contributed by atoms with Crippen molar-refractivity contribution in [3.05, 3.63) is 53.1 Å². The van der Waals surface area contributed by atoms with E-state index >= 15 is 0 Å². The number of amides is 1. The second-order valence-electron chi connectivity index (χ2n) is 5.68. The number of nitriles is 1. The number of ether oxygens (including phenoxy) is 3. The van der Waals surface area contributed by atoms with E-state index in [2.05, 4.69) is 5.32 Å². The number of hydrogen-bond donors (Lipinski definition) is 1. The summed E-state index contributed by atoms with van der Waals surface area (Å²) in [6.45, 7) is 4.26. The summed E-state index contributed by atoms with van der Waals surface area (Å²) in [4.78, 5) is 12.4. The molecule has 0 bridgehead atoms. The minimum atomic E-state index is -0.492. The van der Waals surface area contributed by atoms with Crippen LogP contribution < -0.4 is 19.5 Å². The van der Waals surface area contributed by atoms with Crippen molar-refractivity contribution in [3.8, 4) is 23.3 Å². The fourth-order valence-electron chi connectivity index (χ4n) is 2.42. The first-order valence-electron chi connectivity index (χ1n) is 8.41. The van der Waals surface area contributed by atoms with Crippen LogP contribution >= 0.6 is 0 Å². The monoisotopic (exact) mass is 366 g/mol. The Hall–Kier alpha value is -3.46. The number of benzene rings is 2. The number of carbonyl (C=O) groups is 1. The summed E-state index contributed by atoms with van der Waals surface area (Å²) in [5.41, 5.74) is 2.25. The first-order chi connectivity index (χ1) is 13.0. The molecule has 6 nitrogen and oxygen atoms in total. The van der Waals surface area contributed by atoms with Crippen molar-refractivity contribution in [2.45, 2.75) is 13.8 Å². The van der Waals surface area contributed by atoms with Crippen LogP contribution in [0.3, 0.4) is 0 Å². The highest BCUT2D eigenvalue weighted by Gasteiger charge is 2.15. The van der Waals surface area contributed by atoms with Crippen LogP contribution in [-0.2, 0) is 4.79 Å². The van der Waals surface area contributed by atoms with Gasteiger partial charge in [-0.25, -0.2) is 0 Å². The number of carbonyl (C=O) groups excluding carboxylic acids is 1. The maximum Gasteiger partial charge on any atom is 0.266 e. The molecule has 0 saturated carbocycles. The van der Waals surface area contributed by atoms with E-state index in [1.54, 1.807) is 24.3 Å². The molecule has 2 rings (SSSR count). The lowest BCUT2D eigenvalue weighted by molar-refractivity contribution is -0.112. The van der Waals surface area contributed by atoms with Crippen molar-refractivity contribution in [1.82, 2.24) is 0 Å². The molecule has 0 radical (unpaired) electrons. The molecule has 0 atom stereocenters. The average Bonchev–Trinajstić information content (AvgIpc) is 2.68. The quantitative estimate of drug-likeness (QED) is 0.593. The molecule has 0 spiro atoms. The maximum absolute atomic E-state index is 12.4. The van der Waals surface area contributed by atoms with Gasteiger partial charge in [-0.1, -0.05) is 17.7 Å². The zero-order chi connectivity index (χ0) is 19.8. The summed E-state index contributed by atoms with van der Waals surface area (Å²) >= 11 is 0. The van der Waals surface area contributed by atoms with Crippen LogP contribution in [0.25, 0.3) is 6.08 Å². The van der Waals surface area contributed by atoms with Gasteiger partial charge >= 0.3 is 0 Å². The first-order valence-corrected chi connectivity index (χ1v) is 8.41. The van der Waals surface area contributed by atoms with Crippen molar-refractivity contribution in [2.75, 3.05) is 26.1 Å². The molecule has 0 heterocycles. The molecule has 2 aromatic carbocycles. The van der Waals surface area contributed by atoms with Gasteiger partial charge in [0.05, 0.1) is 20.8 Å². The molecule has 0 unspecified atom stereocenters. The SMILES string of the molecule is CCOc1c(OC)cc(C=C(C#N)C(=O)Nc2ccc(C)cc2)cc1OC. The highest BCUT2D eigenvalue weighted by Crippen LogP contribution is 2.39. The Morgan fingerprint density at radius 2 is 1.74 bits per heavy atom. The number of rotatable bonds is 7. The summed E-state index contributed by atoms with van der Waals surface area (Å²) in [6, 6.07) is 12.6. The Kier molecular flexibility index (Phi) is 6.84. The Bertz CT molecular complexity index is 855. The zero-order valence-corrected chi connectivity index (χ0v) is 15.8. The van der Waals surface area contributed by atoms with Crippen LogP contribution in [0.1, 0.15) is 18.1 Å². The Labute approximate surface area is 159 Å². The lowest BCUT2D eigenvalue weighted by atomic mass is 10.1. The van der Waals surface area contributed by atoms with E-state index in [0.717, 1.165) is 5.56 Å². The van der Waals surface area contributed by atoms with Crippen molar-refractivity contribution in [2.24, 2.45) is 0 Å². The van der Waals surface area contributed by atoms with Crippen LogP contribution in [0.2, 0.25) is 0 Å². The highest BCUT2D eigenvalue weighted by atomic mass is 16.5. The molecule has 0 fully saturated rings. The highest BCUT2D eigenvalue weighted by molar-refractivity contribution is 6.09. The van der Waals surface area contributed by atoms with Gasteiger partial charge in [-0.3, -0.25) is 4.79 Å². The lowest BCUT2D eigenvalue weighted by Gasteiger charge is -2.14. The van der Waals surface area contributed by atoms with Crippen LogP contribution in [0.4, 0.5) is 5.69 Å². The molecule has 27 heavy (non-hydrogen) atoms. The topological polar surface area (TPSA) is 80.6 Å². The molecule has 1 amide bonds. The van der Waals surface area contributed by atoms with Crippen LogP contribution in [0.15, 0.2) is 42.0 Å². The van der Waals surface area contributed by atoms with Gasteiger partial charge in [0.2, 0.25) is 5.75 Å². The van der Waals surface area contributed by atoms with E-state index in [4.69, 9.17) is 14.2 Å². The van der Waals surface area contributed by atoms with Gasteiger partial charge in [-0.15, -0.1) is 0 Å². The summed E-state index contributed by atoms with van der Waals surface area (Å²) in [5.74, 6) is 0.896. The Morgan fingerprint density at radius 1 is 1.15 bits per heavy atom. The smallest absolute Gasteiger partial charge is 0.266 e. The molecule has 0 saturated heterocycles. The molecule has 1 N–H and O–H groups in total. The van der Waals surface area contributed by atoms with E-state index in [9.17, 15) is 10.1 Å². The van der Waals surface area contributed by atoms with Gasteiger partial charge in [-0.05, 0) is 49.8 Å². The molecule has 0 aliphatic rings. The van der Waals surface area contributed by atoms with E-state index in [1.807, 2.05) is 32.0 Å². The molecule has 0 aromatic heterocycles. The third-order valence-corrected chi connectivity index (χ3v) is 3.76. The first kappa shape index (κ1) is 19.9. The summed E-state index contributed by atoms with van der Waals surface area (Å²) in [5, 5.41) is 12.1.